The quantitative estimate of drug-likeness (QED) is 0.814. The standard InChI is InChI=1S/C20H24ClN3O2S/c1-13-9-24(10-14(2)26-13)11-17-12-27-19(22-17)23-18(25)20(7-8-20)15-3-5-16(21)6-4-15/h3-6,12-14H,7-11H2,1-2H3,(H,22,23,25)/t13-,14+. The van der Waals surface area contributed by atoms with Crippen LogP contribution in [-0.2, 0) is 21.5 Å². The predicted molar refractivity (Wildman–Crippen MR) is 108 cm³/mol. The number of hydrogen-bond donors (Lipinski definition) is 1. The van der Waals surface area contributed by atoms with Crippen molar-refractivity contribution in [2.24, 2.45) is 0 Å². The molecule has 1 aliphatic heterocycles. The molecule has 1 aliphatic carbocycles. The van der Waals surface area contributed by atoms with Crippen molar-refractivity contribution in [3.05, 3.63) is 45.9 Å². The fourth-order valence-electron chi connectivity index (χ4n) is 3.84. The van der Waals surface area contributed by atoms with Gasteiger partial charge in [-0.15, -0.1) is 11.3 Å². The number of carbonyl (C=O) groups is 1. The van der Waals surface area contributed by atoms with Crippen molar-refractivity contribution in [2.75, 3.05) is 18.4 Å². The van der Waals surface area contributed by atoms with Crippen molar-refractivity contribution in [3.63, 3.8) is 0 Å². The van der Waals surface area contributed by atoms with Crippen LogP contribution in [0.1, 0.15) is 37.9 Å². The first-order chi connectivity index (χ1) is 12.9. The molecule has 2 atom stereocenters. The SMILES string of the molecule is C[C@@H]1CN(Cc2csc(NC(=O)C3(c4ccc(Cl)cc4)CC3)n2)C[C@H](C)O1. The van der Waals surface area contributed by atoms with Gasteiger partial charge in [0.1, 0.15) is 0 Å². The Hall–Kier alpha value is -1.47. The summed E-state index contributed by atoms with van der Waals surface area (Å²) >= 11 is 7.46. The Morgan fingerprint density at radius 3 is 2.59 bits per heavy atom. The van der Waals surface area contributed by atoms with Gasteiger partial charge in [-0.05, 0) is 44.4 Å². The van der Waals surface area contributed by atoms with E-state index in [-0.39, 0.29) is 18.1 Å². The zero-order chi connectivity index (χ0) is 19.0. The number of aromatic nitrogens is 1. The van der Waals surface area contributed by atoms with Crippen molar-refractivity contribution in [3.8, 4) is 0 Å². The predicted octanol–water partition coefficient (Wildman–Crippen LogP) is 4.08. The molecule has 2 fully saturated rings. The van der Waals surface area contributed by atoms with E-state index < -0.39 is 5.41 Å². The van der Waals surface area contributed by atoms with Crippen LogP contribution >= 0.6 is 22.9 Å². The summed E-state index contributed by atoms with van der Waals surface area (Å²) in [6.07, 6.45) is 2.20. The summed E-state index contributed by atoms with van der Waals surface area (Å²) in [5, 5.41) is 6.41. The molecule has 1 amide bonds. The lowest BCUT2D eigenvalue weighted by Crippen LogP contribution is -2.44. The van der Waals surface area contributed by atoms with Crippen LogP contribution in [0, 0.1) is 0 Å². The van der Waals surface area contributed by atoms with E-state index in [4.69, 9.17) is 16.3 Å². The smallest absolute Gasteiger partial charge is 0.236 e. The number of carbonyl (C=O) groups excluding carboxylic acids is 1. The molecule has 2 heterocycles. The zero-order valence-corrected chi connectivity index (χ0v) is 17.1. The molecule has 0 bridgehead atoms. The highest BCUT2D eigenvalue weighted by Gasteiger charge is 2.51. The molecular weight excluding hydrogens is 382 g/mol. The summed E-state index contributed by atoms with van der Waals surface area (Å²) < 4.78 is 5.78. The van der Waals surface area contributed by atoms with Gasteiger partial charge in [0.25, 0.3) is 0 Å². The first kappa shape index (κ1) is 18.9. The number of anilines is 1. The molecule has 4 rings (SSSR count). The van der Waals surface area contributed by atoms with Crippen LogP contribution in [0.25, 0.3) is 0 Å². The Morgan fingerprint density at radius 2 is 1.96 bits per heavy atom. The molecule has 0 radical (unpaired) electrons. The lowest BCUT2D eigenvalue weighted by molar-refractivity contribution is -0.118. The molecule has 0 unspecified atom stereocenters. The van der Waals surface area contributed by atoms with Gasteiger partial charge in [0.15, 0.2) is 5.13 Å². The first-order valence-electron chi connectivity index (χ1n) is 9.34. The van der Waals surface area contributed by atoms with Crippen LogP contribution in [0.2, 0.25) is 5.02 Å². The lowest BCUT2D eigenvalue weighted by atomic mass is 9.95. The Kier molecular flexibility index (Phi) is 5.25. The molecule has 1 saturated heterocycles. The zero-order valence-electron chi connectivity index (χ0n) is 15.6. The minimum Gasteiger partial charge on any atom is -0.373 e. The number of morpholine rings is 1. The van der Waals surface area contributed by atoms with E-state index >= 15 is 0 Å². The van der Waals surface area contributed by atoms with Crippen LogP contribution in [-0.4, -0.2) is 41.1 Å². The topological polar surface area (TPSA) is 54.5 Å². The maximum absolute atomic E-state index is 12.9. The summed E-state index contributed by atoms with van der Waals surface area (Å²) in [7, 11) is 0. The first-order valence-corrected chi connectivity index (χ1v) is 10.6. The summed E-state index contributed by atoms with van der Waals surface area (Å²) in [5.74, 6) is 0.0272. The van der Waals surface area contributed by atoms with Gasteiger partial charge in [0, 0.05) is 30.0 Å². The van der Waals surface area contributed by atoms with Gasteiger partial charge in [-0.1, -0.05) is 23.7 Å². The van der Waals surface area contributed by atoms with Gasteiger partial charge in [0.05, 0.1) is 23.3 Å². The monoisotopic (exact) mass is 405 g/mol. The van der Waals surface area contributed by atoms with Gasteiger partial charge in [0.2, 0.25) is 5.91 Å². The number of ether oxygens (including phenoxy) is 1. The van der Waals surface area contributed by atoms with Crippen molar-refractivity contribution in [2.45, 2.75) is 50.9 Å². The summed E-state index contributed by atoms with van der Waals surface area (Å²) in [4.78, 5) is 19.8. The van der Waals surface area contributed by atoms with Crippen LogP contribution in [0.5, 0.6) is 0 Å². The molecular formula is C20H24ClN3O2S. The summed E-state index contributed by atoms with van der Waals surface area (Å²) in [6, 6.07) is 7.58. The molecule has 0 spiro atoms. The van der Waals surface area contributed by atoms with Gasteiger partial charge in [-0.25, -0.2) is 4.98 Å². The van der Waals surface area contributed by atoms with Crippen LogP contribution in [0.4, 0.5) is 5.13 Å². The molecule has 1 aromatic carbocycles. The maximum atomic E-state index is 12.9. The number of hydrogen-bond acceptors (Lipinski definition) is 5. The van der Waals surface area contributed by atoms with Crippen LogP contribution in [0.3, 0.4) is 0 Å². The van der Waals surface area contributed by atoms with E-state index in [1.165, 1.54) is 11.3 Å². The highest BCUT2D eigenvalue weighted by atomic mass is 35.5. The minimum atomic E-state index is -0.425. The van der Waals surface area contributed by atoms with E-state index in [9.17, 15) is 4.79 Å². The number of nitrogens with zero attached hydrogens (tertiary/aromatic N) is 2. The van der Waals surface area contributed by atoms with Crippen LogP contribution < -0.4 is 5.32 Å². The second kappa shape index (κ2) is 7.51. The van der Waals surface area contributed by atoms with Gasteiger partial charge in [-0.2, -0.15) is 0 Å². The Morgan fingerprint density at radius 1 is 1.30 bits per heavy atom. The number of rotatable bonds is 5. The largest absolute Gasteiger partial charge is 0.373 e. The number of thiazole rings is 1. The number of nitrogens with one attached hydrogen (secondary N) is 1. The molecule has 1 saturated carbocycles. The lowest BCUT2D eigenvalue weighted by Gasteiger charge is -2.34. The van der Waals surface area contributed by atoms with Crippen molar-refractivity contribution < 1.29 is 9.53 Å². The fourth-order valence-corrected chi connectivity index (χ4v) is 4.66. The molecule has 144 valence electrons. The minimum absolute atomic E-state index is 0.0272. The normalized spacial score (nSPS) is 24.6. The average molecular weight is 406 g/mol. The van der Waals surface area contributed by atoms with Crippen molar-refractivity contribution in [1.82, 2.24) is 9.88 Å². The Bertz CT molecular complexity index is 809. The average Bonchev–Trinajstić information content (AvgIpc) is 3.31. The van der Waals surface area contributed by atoms with E-state index in [0.29, 0.717) is 10.2 Å². The number of halogens is 1. The van der Waals surface area contributed by atoms with Gasteiger partial charge >= 0.3 is 0 Å². The third-order valence-corrected chi connectivity index (χ3v) is 6.29. The highest BCUT2D eigenvalue weighted by Crippen LogP contribution is 2.49. The molecule has 5 nitrogen and oxygen atoms in total. The van der Waals surface area contributed by atoms with Crippen LogP contribution in [0.15, 0.2) is 29.6 Å². The number of amides is 1. The number of benzene rings is 1. The van der Waals surface area contributed by atoms with E-state index in [2.05, 4.69) is 29.0 Å². The molecule has 27 heavy (non-hydrogen) atoms. The summed E-state index contributed by atoms with van der Waals surface area (Å²) in [5.41, 5.74) is 1.59. The third-order valence-electron chi connectivity index (χ3n) is 5.23. The second-order valence-corrected chi connectivity index (χ2v) is 8.93. The van der Waals surface area contributed by atoms with Gasteiger partial charge in [-0.3, -0.25) is 9.69 Å². The fraction of sp³-hybridized carbons (Fsp3) is 0.500. The Balaban J connectivity index is 1.39. The van der Waals surface area contributed by atoms with E-state index in [0.717, 1.165) is 43.7 Å². The van der Waals surface area contributed by atoms with E-state index in [1.54, 1.807) is 0 Å². The summed E-state index contributed by atoms with van der Waals surface area (Å²) in [6.45, 7) is 6.79. The second-order valence-electron chi connectivity index (χ2n) is 7.64. The molecule has 2 aromatic rings. The third kappa shape index (κ3) is 4.19. The Labute approximate surface area is 168 Å². The highest BCUT2D eigenvalue weighted by molar-refractivity contribution is 7.13. The molecule has 1 N–H and O–H groups in total. The molecule has 1 aromatic heterocycles. The van der Waals surface area contributed by atoms with Crippen molar-refractivity contribution in [1.29, 1.82) is 0 Å². The maximum Gasteiger partial charge on any atom is 0.236 e. The molecule has 7 heteroatoms. The van der Waals surface area contributed by atoms with Crippen molar-refractivity contribution >= 4 is 34.0 Å². The van der Waals surface area contributed by atoms with Gasteiger partial charge < -0.3 is 10.1 Å². The van der Waals surface area contributed by atoms with E-state index in [1.807, 2.05) is 29.6 Å². The molecule has 2 aliphatic rings.